The molecule has 0 heterocycles. The first kappa shape index (κ1) is 17.7. The van der Waals surface area contributed by atoms with Crippen molar-refractivity contribution in [2.45, 2.75) is 11.3 Å². The molecule has 0 aromatic heterocycles. The van der Waals surface area contributed by atoms with Crippen LogP contribution in [0.1, 0.15) is 6.42 Å². The van der Waals surface area contributed by atoms with E-state index >= 15 is 0 Å². The Morgan fingerprint density at radius 1 is 1.40 bits per heavy atom. The van der Waals surface area contributed by atoms with Crippen LogP contribution in [-0.4, -0.2) is 38.2 Å². The van der Waals surface area contributed by atoms with E-state index in [0.717, 1.165) is 17.9 Å². The lowest BCUT2D eigenvalue weighted by atomic mass is 10.3. The lowest BCUT2D eigenvalue weighted by Gasteiger charge is -2.09. The number of hydrogen-bond acceptors (Lipinski definition) is 5. The molecule has 0 aliphatic carbocycles. The Balaban J connectivity index is 2.63. The van der Waals surface area contributed by atoms with Crippen LogP contribution in [0.4, 0.5) is 10.1 Å². The third-order valence-corrected chi connectivity index (χ3v) is 5.82. The number of nitrogens with two attached hydrogens (primary N) is 1. The molecule has 0 amide bonds. The summed E-state index contributed by atoms with van der Waals surface area (Å²) in [5.74, 6) is 0.689. The number of thioether (sulfide) groups is 1. The van der Waals surface area contributed by atoms with E-state index < -0.39 is 15.8 Å². The molecule has 0 aliphatic rings. The Bertz CT molecular complexity index is 555. The predicted molar refractivity (Wildman–Crippen MR) is 82.7 cm³/mol. The van der Waals surface area contributed by atoms with E-state index in [-0.39, 0.29) is 28.2 Å². The van der Waals surface area contributed by atoms with Crippen LogP contribution in [0.5, 0.6) is 0 Å². The number of aliphatic hydroxyl groups is 1. The van der Waals surface area contributed by atoms with E-state index in [0.29, 0.717) is 12.2 Å². The van der Waals surface area contributed by atoms with Crippen LogP contribution >= 0.6 is 27.7 Å². The Morgan fingerprint density at radius 2 is 2.10 bits per heavy atom. The topological polar surface area (TPSA) is 92.4 Å². The predicted octanol–water partition coefficient (Wildman–Crippen LogP) is 1.56. The number of nitrogen functional groups attached to an aromatic ring is 1. The summed E-state index contributed by atoms with van der Waals surface area (Å²) in [6, 6.07) is 2.11. The highest BCUT2D eigenvalue weighted by molar-refractivity contribution is 9.10. The summed E-state index contributed by atoms with van der Waals surface area (Å²) in [5.41, 5.74) is 5.16. The first-order chi connectivity index (χ1) is 9.38. The van der Waals surface area contributed by atoms with Crippen LogP contribution in [0.2, 0.25) is 0 Å². The van der Waals surface area contributed by atoms with Crippen molar-refractivity contribution in [3.63, 3.8) is 0 Å². The quantitative estimate of drug-likeness (QED) is 0.465. The Morgan fingerprint density at radius 3 is 2.75 bits per heavy atom. The van der Waals surface area contributed by atoms with Gasteiger partial charge in [0.05, 0.1) is 10.6 Å². The van der Waals surface area contributed by atoms with Crippen molar-refractivity contribution in [2.24, 2.45) is 0 Å². The fraction of sp³-hybridized carbons (Fsp3) is 0.455. The van der Waals surface area contributed by atoms with E-state index in [1.807, 2.05) is 0 Å². The molecule has 0 saturated carbocycles. The first-order valence-electron chi connectivity index (χ1n) is 5.81. The molecular formula is C11H16BrFN2O3S2. The van der Waals surface area contributed by atoms with Crippen LogP contribution < -0.4 is 10.5 Å². The number of anilines is 1. The van der Waals surface area contributed by atoms with Gasteiger partial charge in [0.2, 0.25) is 10.0 Å². The van der Waals surface area contributed by atoms with Crippen molar-refractivity contribution in [1.82, 2.24) is 4.72 Å². The van der Waals surface area contributed by atoms with E-state index in [1.165, 1.54) is 0 Å². The fourth-order valence-corrected chi connectivity index (χ4v) is 4.34. The molecule has 0 spiro atoms. The van der Waals surface area contributed by atoms with Crippen LogP contribution in [0.3, 0.4) is 0 Å². The van der Waals surface area contributed by atoms with Crippen molar-refractivity contribution in [2.75, 3.05) is 30.4 Å². The lowest BCUT2D eigenvalue weighted by Crippen LogP contribution is -2.26. The van der Waals surface area contributed by atoms with Gasteiger partial charge in [0.1, 0.15) is 5.82 Å². The van der Waals surface area contributed by atoms with Gasteiger partial charge in [-0.3, -0.25) is 0 Å². The molecule has 1 aromatic rings. The Kier molecular flexibility index (Phi) is 7.24. The van der Waals surface area contributed by atoms with Gasteiger partial charge in [-0.25, -0.2) is 17.5 Å². The van der Waals surface area contributed by atoms with Crippen molar-refractivity contribution < 1.29 is 17.9 Å². The SMILES string of the molecule is Nc1cc(S(=O)(=O)NCCSCCCO)c(Br)cc1F. The Labute approximate surface area is 130 Å². The molecule has 0 aliphatic heterocycles. The molecule has 1 rings (SSSR count). The van der Waals surface area contributed by atoms with Gasteiger partial charge in [0.15, 0.2) is 0 Å². The molecule has 4 N–H and O–H groups in total. The van der Waals surface area contributed by atoms with Crippen LogP contribution in [0.15, 0.2) is 21.5 Å². The minimum Gasteiger partial charge on any atom is -0.396 e. The summed E-state index contributed by atoms with van der Waals surface area (Å²) in [6.07, 6.45) is 0.678. The molecule has 0 fully saturated rings. The van der Waals surface area contributed by atoms with Crippen molar-refractivity contribution >= 4 is 43.4 Å². The minimum atomic E-state index is -3.73. The maximum atomic E-state index is 13.2. The molecule has 0 atom stereocenters. The lowest BCUT2D eigenvalue weighted by molar-refractivity contribution is 0.296. The number of hydrogen-bond donors (Lipinski definition) is 3. The zero-order valence-electron chi connectivity index (χ0n) is 10.6. The van der Waals surface area contributed by atoms with E-state index in [9.17, 15) is 12.8 Å². The van der Waals surface area contributed by atoms with Crippen molar-refractivity contribution in [1.29, 1.82) is 0 Å². The van der Waals surface area contributed by atoms with E-state index in [2.05, 4.69) is 20.7 Å². The molecule has 0 saturated heterocycles. The average molecular weight is 387 g/mol. The number of halogens is 2. The Hall–Kier alpha value is -0.350. The highest BCUT2D eigenvalue weighted by Crippen LogP contribution is 2.26. The summed E-state index contributed by atoms with van der Waals surface area (Å²) in [5, 5.41) is 8.61. The van der Waals surface area contributed by atoms with Crippen LogP contribution in [0.25, 0.3) is 0 Å². The van der Waals surface area contributed by atoms with Gasteiger partial charge in [-0.05, 0) is 40.2 Å². The molecule has 9 heteroatoms. The van der Waals surface area contributed by atoms with E-state index in [4.69, 9.17) is 10.8 Å². The van der Waals surface area contributed by atoms with Crippen molar-refractivity contribution in [3.05, 3.63) is 22.4 Å². The number of sulfonamides is 1. The monoisotopic (exact) mass is 386 g/mol. The number of nitrogens with one attached hydrogen (secondary N) is 1. The maximum absolute atomic E-state index is 13.2. The zero-order chi connectivity index (χ0) is 15.2. The zero-order valence-corrected chi connectivity index (χ0v) is 13.8. The summed E-state index contributed by atoms with van der Waals surface area (Å²) >= 11 is 4.55. The first-order valence-corrected chi connectivity index (χ1v) is 9.24. The number of rotatable bonds is 8. The summed E-state index contributed by atoms with van der Waals surface area (Å²) in [4.78, 5) is -0.0863. The van der Waals surface area contributed by atoms with E-state index in [1.54, 1.807) is 11.8 Å². The highest BCUT2D eigenvalue weighted by Gasteiger charge is 2.19. The van der Waals surface area contributed by atoms with Gasteiger partial charge >= 0.3 is 0 Å². The van der Waals surface area contributed by atoms with Gasteiger partial charge in [-0.2, -0.15) is 11.8 Å². The van der Waals surface area contributed by atoms with Crippen LogP contribution in [0, 0.1) is 5.82 Å². The van der Waals surface area contributed by atoms with Gasteiger partial charge in [-0.15, -0.1) is 0 Å². The van der Waals surface area contributed by atoms with Gasteiger partial charge in [0.25, 0.3) is 0 Å². The van der Waals surface area contributed by atoms with Crippen LogP contribution in [-0.2, 0) is 10.0 Å². The molecule has 5 nitrogen and oxygen atoms in total. The molecule has 0 unspecified atom stereocenters. The second kappa shape index (κ2) is 8.18. The molecule has 0 bridgehead atoms. The summed E-state index contributed by atoms with van der Waals surface area (Å²) in [7, 11) is -3.73. The third-order valence-electron chi connectivity index (χ3n) is 2.33. The smallest absolute Gasteiger partial charge is 0.241 e. The van der Waals surface area contributed by atoms with Crippen molar-refractivity contribution in [3.8, 4) is 0 Å². The maximum Gasteiger partial charge on any atom is 0.241 e. The third kappa shape index (κ3) is 5.21. The molecule has 0 radical (unpaired) electrons. The standard InChI is InChI=1S/C11H16BrFN2O3S2/c12-8-6-9(13)10(14)7-11(8)20(17,18)15-2-5-19-4-1-3-16/h6-7,15-16H,1-5,14H2. The summed E-state index contributed by atoms with van der Waals surface area (Å²) < 4.78 is 39.8. The normalized spacial score (nSPS) is 11.8. The van der Waals surface area contributed by atoms with Gasteiger partial charge in [-0.1, -0.05) is 0 Å². The number of aliphatic hydroxyl groups excluding tert-OH is 1. The second-order valence-corrected chi connectivity index (χ2v) is 7.71. The molecular weight excluding hydrogens is 371 g/mol. The highest BCUT2D eigenvalue weighted by atomic mass is 79.9. The second-order valence-electron chi connectivity index (χ2n) is 3.89. The van der Waals surface area contributed by atoms with Gasteiger partial charge in [0, 0.05) is 23.4 Å². The largest absolute Gasteiger partial charge is 0.396 e. The molecule has 114 valence electrons. The average Bonchev–Trinajstić information content (AvgIpc) is 2.37. The molecule has 20 heavy (non-hydrogen) atoms. The minimum absolute atomic E-state index is 0.0863. The summed E-state index contributed by atoms with van der Waals surface area (Å²) in [6.45, 7) is 0.378. The fourth-order valence-electron chi connectivity index (χ4n) is 1.35. The van der Waals surface area contributed by atoms with Gasteiger partial charge < -0.3 is 10.8 Å². The number of benzene rings is 1. The molecule has 1 aromatic carbocycles.